The van der Waals surface area contributed by atoms with Crippen molar-refractivity contribution >= 4 is 28.4 Å². The zero-order valence-electron chi connectivity index (χ0n) is 10.1. The largest absolute Gasteiger partial charge is 0.496 e. The predicted octanol–water partition coefficient (Wildman–Crippen LogP) is 3.45. The van der Waals surface area contributed by atoms with Gasteiger partial charge in [-0.2, -0.15) is 13.2 Å². The minimum absolute atomic E-state index is 0.119. The van der Waals surface area contributed by atoms with Crippen molar-refractivity contribution in [2.75, 3.05) is 20.3 Å². The van der Waals surface area contributed by atoms with E-state index in [0.717, 1.165) is 3.57 Å². The Hall–Kier alpha value is -0.830. The number of rotatable bonds is 6. The molecule has 0 unspecified atom stereocenters. The lowest BCUT2D eigenvalue weighted by Gasteiger charge is -2.09. The average Bonchev–Trinajstić information content (AvgIpc) is 2.33. The lowest BCUT2D eigenvalue weighted by molar-refractivity contribution is -0.173. The third-order valence-corrected chi connectivity index (χ3v) is 2.87. The van der Waals surface area contributed by atoms with Gasteiger partial charge < -0.3 is 9.47 Å². The maximum Gasteiger partial charge on any atom is 0.411 e. The molecule has 7 heteroatoms. The van der Waals surface area contributed by atoms with Crippen LogP contribution in [0, 0.1) is 3.57 Å². The Morgan fingerprint density at radius 3 is 2.63 bits per heavy atom. The monoisotopic (exact) mass is 388 g/mol. The molecule has 3 nitrogen and oxygen atoms in total. The van der Waals surface area contributed by atoms with Crippen molar-refractivity contribution in [1.82, 2.24) is 0 Å². The van der Waals surface area contributed by atoms with E-state index >= 15 is 0 Å². The minimum atomic E-state index is -4.37. The Labute approximate surface area is 122 Å². The third kappa shape index (κ3) is 5.77. The standard InChI is InChI=1S/C12H12F3IO3/c1-18-11-3-2-8(16)6-9(11)10(17)4-5-19-7-12(13,14)15/h2-3,6H,4-5,7H2,1H3. The zero-order chi connectivity index (χ0) is 14.5. The van der Waals surface area contributed by atoms with Crippen molar-refractivity contribution in [3.05, 3.63) is 27.3 Å². The molecule has 0 amide bonds. The smallest absolute Gasteiger partial charge is 0.411 e. The summed E-state index contributed by atoms with van der Waals surface area (Å²) in [4.78, 5) is 11.9. The van der Waals surface area contributed by atoms with Crippen LogP contribution < -0.4 is 4.74 Å². The van der Waals surface area contributed by atoms with Crippen molar-refractivity contribution in [2.24, 2.45) is 0 Å². The molecule has 0 aliphatic rings. The molecule has 0 aromatic heterocycles. The average molecular weight is 388 g/mol. The summed E-state index contributed by atoms with van der Waals surface area (Å²) in [6.45, 7) is -1.61. The van der Waals surface area contributed by atoms with Crippen LogP contribution in [-0.2, 0) is 4.74 Å². The molecule has 0 bridgehead atoms. The highest BCUT2D eigenvalue weighted by Gasteiger charge is 2.27. The van der Waals surface area contributed by atoms with Gasteiger partial charge in [0.15, 0.2) is 5.78 Å². The second-order valence-corrected chi connectivity index (χ2v) is 4.93. The summed E-state index contributed by atoms with van der Waals surface area (Å²) in [6.07, 6.45) is -4.49. The third-order valence-electron chi connectivity index (χ3n) is 2.20. The molecule has 1 aromatic carbocycles. The number of carbonyl (C=O) groups is 1. The molecule has 0 atom stereocenters. The lowest BCUT2D eigenvalue weighted by atomic mass is 10.1. The van der Waals surface area contributed by atoms with Crippen molar-refractivity contribution in [2.45, 2.75) is 12.6 Å². The van der Waals surface area contributed by atoms with E-state index in [4.69, 9.17) is 4.74 Å². The Morgan fingerprint density at radius 1 is 1.37 bits per heavy atom. The van der Waals surface area contributed by atoms with Gasteiger partial charge in [0.05, 0.1) is 19.3 Å². The molecule has 0 saturated heterocycles. The second kappa shape index (κ2) is 7.09. The van der Waals surface area contributed by atoms with Crippen LogP contribution in [0.5, 0.6) is 5.75 Å². The summed E-state index contributed by atoms with van der Waals surface area (Å²) in [5, 5.41) is 0. The molecule has 0 fully saturated rings. The number of alkyl halides is 3. The van der Waals surface area contributed by atoms with Crippen LogP contribution in [0.1, 0.15) is 16.8 Å². The number of carbonyl (C=O) groups excluding carboxylic acids is 1. The molecule has 0 N–H and O–H groups in total. The molecule has 19 heavy (non-hydrogen) atoms. The molecular weight excluding hydrogens is 376 g/mol. The van der Waals surface area contributed by atoms with Crippen LogP contribution in [0.4, 0.5) is 13.2 Å². The van der Waals surface area contributed by atoms with E-state index in [2.05, 4.69) is 4.74 Å². The second-order valence-electron chi connectivity index (χ2n) is 3.69. The quantitative estimate of drug-likeness (QED) is 0.426. The Bertz CT molecular complexity index is 446. The predicted molar refractivity (Wildman–Crippen MR) is 71.5 cm³/mol. The fraction of sp³-hybridized carbons (Fsp3) is 0.417. The maximum atomic E-state index is 11.9. The first-order valence-corrected chi connectivity index (χ1v) is 6.42. The van der Waals surface area contributed by atoms with E-state index in [1.165, 1.54) is 7.11 Å². The van der Waals surface area contributed by atoms with Crippen LogP contribution in [-0.4, -0.2) is 32.3 Å². The van der Waals surface area contributed by atoms with E-state index in [0.29, 0.717) is 11.3 Å². The molecule has 106 valence electrons. The summed E-state index contributed by atoms with van der Waals surface area (Å²) >= 11 is 2.04. The topological polar surface area (TPSA) is 35.5 Å². The Balaban J connectivity index is 2.56. The molecule has 0 spiro atoms. The van der Waals surface area contributed by atoms with Gasteiger partial charge in [-0.05, 0) is 40.8 Å². The van der Waals surface area contributed by atoms with Gasteiger partial charge in [-0.3, -0.25) is 4.79 Å². The first-order valence-electron chi connectivity index (χ1n) is 5.34. The molecule has 1 rings (SSSR count). The van der Waals surface area contributed by atoms with Crippen LogP contribution in [0.2, 0.25) is 0 Å². The van der Waals surface area contributed by atoms with Crippen molar-refractivity contribution in [1.29, 1.82) is 0 Å². The van der Waals surface area contributed by atoms with Crippen molar-refractivity contribution < 1.29 is 27.4 Å². The summed E-state index contributed by atoms with van der Waals surface area (Å²) < 4.78 is 45.8. The molecule has 0 aliphatic carbocycles. The van der Waals surface area contributed by atoms with E-state index in [9.17, 15) is 18.0 Å². The van der Waals surface area contributed by atoms with E-state index in [-0.39, 0.29) is 18.8 Å². The number of ketones is 1. The molecule has 0 heterocycles. The Kier molecular flexibility index (Phi) is 6.05. The number of ether oxygens (including phenoxy) is 2. The summed E-state index contributed by atoms with van der Waals surface area (Å²) in [5.74, 6) is 0.0961. The zero-order valence-corrected chi connectivity index (χ0v) is 12.2. The molecule has 1 aromatic rings. The van der Waals surface area contributed by atoms with Crippen molar-refractivity contribution in [3.8, 4) is 5.75 Å². The van der Waals surface area contributed by atoms with Gasteiger partial charge in [-0.25, -0.2) is 0 Å². The SMILES string of the molecule is COc1ccc(I)cc1C(=O)CCOCC(F)(F)F. The van der Waals surface area contributed by atoms with Gasteiger partial charge in [0, 0.05) is 9.99 Å². The lowest BCUT2D eigenvalue weighted by Crippen LogP contribution is -2.18. The highest BCUT2D eigenvalue weighted by Crippen LogP contribution is 2.22. The molecule has 0 saturated carbocycles. The highest BCUT2D eigenvalue weighted by molar-refractivity contribution is 14.1. The minimum Gasteiger partial charge on any atom is -0.496 e. The fourth-order valence-corrected chi connectivity index (χ4v) is 1.88. The van der Waals surface area contributed by atoms with Gasteiger partial charge in [-0.1, -0.05) is 0 Å². The van der Waals surface area contributed by atoms with Gasteiger partial charge in [0.2, 0.25) is 0 Å². The summed E-state index contributed by atoms with van der Waals surface area (Å²) in [7, 11) is 1.43. The highest BCUT2D eigenvalue weighted by atomic mass is 127. The van der Waals surface area contributed by atoms with Crippen LogP contribution in [0.25, 0.3) is 0 Å². The summed E-state index contributed by atoms with van der Waals surface area (Å²) in [6, 6.07) is 5.05. The first kappa shape index (κ1) is 16.2. The maximum absolute atomic E-state index is 11.9. The number of halogens is 4. The number of methoxy groups -OCH3 is 1. The fourth-order valence-electron chi connectivity index (χ4n) is 1.39. The molecular formula is C12H12F3IO3. The van der Waals surface area contributed by atoms with E-state index < -0.39 is 12.8 Å². The first-order chi connectivity index (χ1) is 8.83. The number of hydrogen-bond donors (Lipinski definition) is 0. The molecule has 0 radical (unpaired) electrons. The van der Waals surface area contributed by atoms with Crippen molar-refractivity contribution in [3.63, 3.8) is 0 Å². The van der Waals surface area contributed by atoms with Gasteiger partial charge >= 0.3 is 6.18 Å². The van der Waals surface area contributed by atoms with Gasteiger partial charge in [0.1, 0.15) is 12.4 Å². The van der Waals surface area contributed by atoms with Gasteiger partial charge in [0.25, 0.3) is 0 Å². The van der Waals surface area contributed by atoms with Crippen LogP contribution in [0.3, 0.4) is 0 Å². The van der Waals surface area contributed by atoms with E-state index in [1.807, 2.05) is 22.6 Å². The van der Waals surface area contributed by atoms with E-state index in [1.54, 1.807) is 18.2 Å². The molecule has 0 aliphatic heterocycles. The summed E-state index contributed by atoms with van der Waals surface area (Å²) in [5.41, 5.74) is 0.352. The van der Waals surface area contributed by atoms with Crippen LogP contribution >= 0.6 is 22.6 Å². The number of hydrogen-bond acceptors (Lipinski definition) is 3. The van der Waals surface area contributed by atoms with Crippen LogP contribution in [0.15, 0.2) is 18.2 Å². The Morgan fingerprint density at radius 2 is 2.05 bits per heavy atom. The normalized spacial score (nSPS) is 11.4. The number of Topliss-reactive ketones (excluding diaryl/α,β-unsaturated/α-hetero) is 1. The van der Waals surface area contributed by atoms with Gasteiger partial charge in [-0.15, -0.1) is 0 Å². The number of benzene rings is 1.